The van der Waals surface area contributed by atoms with E-state index in [-0.39, 0.29) is 21.7 Å². The van der Waals surface area contributed by atoms with Crippen LogP contribution in [0.1, 0.15) is 127 Å². The molecule has 0 heterocycles. The lowest BCUT2D eigenvalue weighted by Crippen LogP contribution is -2.34. The zero-order valence-corrected chi connectivity index (χ0v) is 25.4. The lowest BCUT2D eigenvalue weighted by molar-refractivity contribution is 0.308. The first-order valence-electron chi connectivity index (χ1n) is 14.4. The number of phenolic OH excluding ortho intramolecular Hbond substituents is 3. The summed E-state index contributed by atoms with van der Waals surface area (Å²) in [6.07, 6.45) is 4.07. The van der Waals surface area contributed by atoms with Crippen LogP contribution in [0.15, 0.2) is 54.6 Å². The Morgan fingerprint density at radius 1 is 0.590 bits per heavy atom. The normalized spacial score (nSPS) is 18.2. The third kappa shape index (κ3) is 5.69. The highest BCUT2D eigenvalue weighted by molar-refractivity contribution is 5.52. The molecule has 210 valence electrons. The molecule has 0 amide bonds. The Kier molecular flexibility index (Phi) is 7.38. The molecule has 1 aliphatic rings. The summed E-state index contributed by atoms with van der Waals surface area (Å²) >= 11 is 0. The highest BCUT2D eigenvalue weighted by atomic mass is 16.3. The molecule has 3 N–H and O–H groups in total. The second kappa shape index (κ2) is 9.91. The summed E-state index contributed by atoms with van der Waals surface area (Å²) in [5.74, 6) is 1.35. The molecular weight excluding hydrogens is 480 g/mol. The molecule has 3 heteroatoms. The van der Waals surface area contributed by atoms with Crippen molar-refractivity contribution in [1.29, 1.82) is 0 Å². The summed E-state index contributed by atoms with van der Waals surface area (Å²) in [7, 11) is 0. The van der Waals surface area contributed by atoms with Gasteiger partial charge in [-0.05, 0) is 93.0 Å². The lowest BCUT2D eigenvalue weighted by atomic mass is 9.60. The molecule has 1 aliphatic carbocycles. The maximum absolute atomic E-state index is 10.8. The molecule has 0 aromatic heterocycles. The molecule has 1 unspecified atom stereocenters. The smallest absolute Gasteiger partial charge is 0.119 e. The van der Waals surface area contributed by atoms with Crippen molar-refractivity contribution in [2.45, 2.75) is 116 Å². The van der Waals surface area contributed by atoms with Crippen LogP contribution < -0.4 is 0 Å². The number of rotatable bonds is 3. The van der Waals surface area contributed by atoms with Gasteiger partial charge in [-0.15, -0.1) is 0 Å². The van der Waals surface area contributed by atoms with E-state index in [4.69, 9.17) is 0 Å². The van der Waals surface area contributed by atoms with Gasteiger partial charge in [-0.3, -0.25) is 0 Å². The van der Waals surface area contributed by atoms with Crippen LogP contribution >= 0.6 is 0 Å². The summed E-state index contributed by atoms with van der Waals surface area (Å²) in [6, 6.07) is 18.6. The quantitative estimate of drug-likeness (QED) is 0.317. The molecule has 39 heavy (non-hydrogen) atoms. The molecule has 3 aromatic carbocycles. The van der Waals surface area contributed by atoms with E-state index >= 15 is 0 Å². The van der Waals surface area contributed by atoms with E-state index < -0.39 is 0 Å². The molecule has 0 spiro atoms. The van der Waals surface area contributed by atoms with Crippen molar-refractivity contribution in [3.8, 4) is 17.2 Å². The van der Waals surface area contributed by atoms with Crippen LogP contribution in [0.25, 0.3) is 0 Å². The van der Waals surface area contributed by atoms with Gasteiger partial charge in [0.2, 0.25) is 0 Å². The number of benzene rings is 3. The van der Waals surface area contributed by atoms with Crippen LogP contribution in [0.2, 0.25) is 0 Å². The van der Waals surface area contributed by atoms with Crippen LogP contribution in [0.3, 0.4) is 0 Å². The zero-order valence-electron chi connectivity index (χ0n) is 25.4. The van der Waals surface area contributed by atoms with Crippen molar-refractivity contribution in [3.05, 3.63) is 88.0 Å². The summed E-state index contributed by atoms with van der Waals surface area (Å²) in [5.41, 5.74) is 5.78. The number of aromatic hydroxyl groups is 3. The first-order chi connectivity index (χ1) is 17.9. The summed E-state index contributed by atoms with van der Waals surface area (Å²) in [6.45, 7) is 19.3. The Hall–Kier alpha value is -2.94. The average Bonchev–Trinajstić information content (AvgIpc) is 2.82. The Bertz CT molecular complexity index is 1280. The maximum Gasteiger partial charge on any atom is 0.119 e. The molecule has 0 bridgehead atoms. The Morgan fingerprint density at radius 3 is 1.44 bits per heavy atom. The summed E-state index contributed by atoms with van der Waals surface area (Å²) in [5, 5.41) is 32.3. The molecule has 3 nitrogen and oxygen atoms in total. The molecule has 0 saturated heterocycles. The molecule has 1 saturated carbocycles. The summed E-state index contributed by atoms with van der Waals surface area (Å²) < 4.78 is 0. The minimum atomic E-state index is -0.274. The number of hydrogen-bond donors (Lipinski definition) is 3. The van der Waals surface area contributed by atoms with Crippen molar-refractivity contribution in [3.63, 3.8) is 0 Å². The van der Waals surface area contributed by atoms with Gasteiger partial charge in [-0.25, -0.2) is 0 Å². The van der Waals surface area contributed by atoms with E-state index in [0.717, 1.165) is 42.4 Å². The predicted octanol–water partition coefficient (Wildman–Crippen LogP) is 9.34. The molecule has 0 radical (unpaired) electrons. The Morgan fingerprint density at radius 2 is 1.00 bits per heavy atom. The number of phenols is 3. The highest BCUT2D eigenvalue weighted by Gasteiger charge is 2.41. The predicted molar refractivity (Wildman–Crippen MR) is 162 cm³/mol. The van der Waals surface area contributed by atoms with Crippen LogP contribution in [0.5, 0.6) is 17.2 Å². The maximum atomic E-state index is 10.8. The SMILES string of the molecule is CC(C)(C)c1cc(C2CCCC(c3ccc(O)c(C(C)(C)C)c3)(c3ccc(O)c(C(C)(C)C)c3)C2)ccc1O. The van der Waals surface area contributed by atoms with Crippen molar-refractivity contribution in [2.75, 3.05) is 0 Å². The Balaban J connectivity index is 1.93. The largest absolute Gasteiger partial charge is 0.508 e. The van der Waals surface area contributed by atoms with Crippen molar-refractivity contribution in [2.24, 2.45) is 0 Å². The Labute approximate surface area is 235 Å². The van der Waals surface area contributed by atoms with Crippen molar-refractivity contribution >= 4 is 0 Å². The van der Waals surface area contributed by atoms with E-state index in [1.54, 1.807) is 0 Å². The standard InChI is InChI=1S/C36H48O3/c1-33(2,3)27-19-23(12-15-30(27)37)24-11-10-18-36(22-24,25-13-16-31(38)28(20-25)34(4,5)6)26-14-17-32(39)29(21-26)35(7,8)9/h12-17,19-21,24,37-39H,10-11,18,22H2,1-9H3. The minimum absolute atomic E-state index is 0.150. The van der Waals surface area contributed by atoms with Crippen molar-refractivity contribution in [1.82, 2.24) is 0 Å². The minimum Gasteiger partial charge on any atom is -0.508 e. The first kappa shape index (κ1) is 29.1. The van der Waals surface area contributed by atoms with Gasteiger partial charge in [0.1, 0.15) is 17.2 Å². The molecular formula is C36H48O3. The number of hydrogen-bond acceptors (Lipinski definition) is 3. The topological polar surface area (TPSA) is 60.7 Å². The van der Waals surface area contributed by atoms with Gasteiger partial charge in [0.25, 0.3) is 0 Å². The van der Waals surface area contributed by atoms with Gasteiger partial charge in [-0.2, -0.15) is 0 Å². The van der Waals surface area contributed by atoms with Crippen LogP contribution in [0.4, 0.5) is 0 Å². The second-order valence-corrected chi connectivity index (χ2v) is 14.9. The van der Waals surface area contributed by atoms with Gasteiger partial charge < -0.3 is 15.3 Å². The molecule has 4 rings (SSSR count). The van der Waals surface area contributed by atoms with Crippen LogP contribution in [-0.2, 0) is 21.7 Å². The fraction of sp³-hybridized carbons (Fsp3) is 0.500. The van der Waals surface area contributed by atoms with Gasteiger partial charge in [0.05, 0.1) is 0 Å². The molecule has 0 aliphatic heterocycles. The van der Waals surface area contributed by atoms with E-state index in [1.165, 1.54) is 16.7 Å². The molecule has 3 aromatic rings. The van der Waals surface area contributed by atoms with E-state index in [9.17, 15) is 15.3 Å². The molecule has 1 atom stereocenters. The van der Waals surface area contributed by atoms with Crippen molar-refractivity contribution < 1.29 is 15.3 Å². The fourth-order valence-corrected chi connectivity index (χ4v) is 6.53. The first-order valence-corrected chi connectivity index (χ1v) is 14.4. The summed E-state index contributed by atoms with van der Waals surface area (Å²) in [4.78, 5) is 0. The van der Waals surface area contributed by atoms with E-state index in [2.05, 4.69) is 98.7 Å². The second-order valence-electron chi connectivity index (χ2n) is 14.9. The third-order valence-electron chi connectivity index (χ3n) is 8.77. The van der Waals surface area contributed by atoms with Crippen LogP contribution in [-0.4, -0.2) is 15.3 Å². The monoisotopic (exact) mass is 528 g/mol. The van der Waals surface area contributed by atoms with Gasteiger partial charge in [0.15, 0.2) is 0 Å². The highest BCUT2D eigenvalue weighted by Crippen LogP contribution is 2.52. The fourth-order valence-electron chi connectivity index (χ4n) is 6.53. The lowest BCUT2D eigenvalue weighted by Gasteiger charge is -2.43. The van der Waals surface area contributed by atoms with Gasteiger partial charge >= 0.3 is 0 Å². The molecule has 1 fully saturated rings. The van der Waals surface area contributed by atoms with Crippen LogP contribution in [0, 0.1) is 0 Å². The van der Waals surface area contributed by atoms with Gasteiger partial charge in [0, 0.05) is 5.41 Å². The van der Waals surface area contributed by atoms with E-state index in [1.807, 2.05) is 18.2 Å². The van der Waals surface area contributed by atoms with E-state index in [0.29, 0.717) is 23.2 Å². The average molecular weight is 529 g/mol. The van der Waals surface area contributed by atoms with Gasteiger partial charge in [-0.1, -0.05) is 105 Å². The third-order valence-corrected chi connectivity index (χ3v) is 8.77. The zero-order chi connectivity index (χ0) is 29.0.